The first-order valence-corrected chi connectivity index (χ1v) is 14.7. The van der Waals surface area contributed by atoms with Crippen molar-refractivity contribution >= 4 is 22.7 Å². The molecule has 4 aromatic carbocycles. The van der Waals surface area contributed by atoms with Crippen molar-refractivity contribution < 1.29 is 28.5 Å². The van der Waals surface area contributed by atoms with E-state index in [2.05, 4.69) is 53.7 Å². The molecule has 0 saturated heterocycles. The van der Waals surface area contributed by atoms with E-state index in [-0.39, 0.29) is 10.8 Å². The molecule has 1 unspecified atom stereocenters. The lowest BCUT2D eigenvalue weighted by atomic mass is 9.69. The van der Waals surface area contributed by atoms with Crippen molar-refractivity contribution in [1.82, 2.24) is 0 Å². The van der Waals surface area contributed by atoms with Gasteiger partial charge in [0.1, 0.15) is 17.2 Å². The first-order chi connectivity index (χ1) is 20.2. The fourth-order valence-corrected chi connectivity index (χ4v) is 6.73. The molecule has 0 aromatic heterocycles. The van der Waals surface area contributed by atoms with Gasteiger partial charge in [-0.05, 0) is 90.7 Å². The fraction of sp³-hybridized carbons (Fsp3) is 0.351. The van der Waals surface area contributed by atoms with Crippen LogP contribution in [0.4, 0.5) is 0 Å². The summed E-state index contributed by atoms with van der Waals surface area (Å²) in [5.74, 6) is 0.478. The van der Waals surface area contributed by atoms with E-state index in [1.807, 2.05) is 19.1 Å². The zero-order chi connectivity index (χ0) is 30.9. The highest BCUT2D eigenvalue weighted by Gasteiger charge is 2.53. The highest BCUT2D eigenvalue weighted by atomic mass is 16.7. The third-order valence-electron chi connectivity index (χ3n) is 9.05. The van der Waals surface area contributed by atoms with Gasteiger partial charge >= 0.3 is 11.9 Å². The molecule has 1 spiro atoms. The van der Waals surface area contributed by atoms with Crippen LogP contribution < -0.4 is 14.2 Å². The van der Waals surface area contributed by atoms with E-state index in [0.717, 1.165) is 39.8 Å². The average molecular weight is 579 g/mol. The third-order valence-corrected chi connectivity index (χ3v) is 9.05. The SMILES string of the molecule is COC(=O)c1ccc2cc(C(=O)Oc3cc4c(cc3C)OC3(CC(C)(C)c5cc(C)c(C)cc5O3)CC4(C)C)ccc2c1. The number of rotatable bonds is 3. The zero-order valence-electron chi connectivity index (χ0n) is 26.1. The molecule has 0 amide bonds. The minimum absolute atomic E-state index is 0.134. The number of fused-ring (bicyclic) bond motifs is 3. The molecule has 4 aromatic rings. The van der Waals surface area contributed by atoms with Gasteiger partial charge in [-0.1, -0.05) is 45.9 Å². The molecule has 2 aliphatic heterocycles. The number of ether oxygens (including phenoxy) is 4. The predicted octanol–water partition coefficient (Wildman–Crippen LogP) is 8.29. The van der Waals surface area contributed by atoms with Crippen molar-refractivity contribution in [1.29, 1.82) is 0 Å². The molecule has 0 aliphatic carbocycles. The van der Waals surface area contributed by atoms with Gasteiger partial charge in [0.15, 0.2) is 0 Å². The Labute approximate surface area is 252 Å². The van der Waals surface area contributed by atoms with Gasteiger partial charge < -0.3 is 18.9 Å². The number of benzene rings is 4. The second-order valence-corrected chi connectivity index (χ2v) is 13.4. The quantitative estimate of drug-likeness (QED) is 0.180. The van der Waals surface area contributed by atoms with Crippen LogP contribution in [-0.2, 0) is 15.6 Å². The number of esters is 2. The Kier molecular flexibility index (Phi) is 6.60. The van der Waals surface area contributed by atoms with Gasteiger partial charge in [-0.25, -0.2) is 9.59 Å². The predicted molar refractivity (Wildman–Crippen MR) is 167 cm³/mol. The molecule has 6 heteroatoms. The lowest BCUT2D eigenvalue weighted by molar-refractivity contribution is -0.166. The van der Waals surface area contributed by atoms with Crippen LogP contribution in [0.2, 0.25) is 0 Å². The second-order valence-electron chi connectivity index (χ2n) is 13.4. The van der Waals surface area contributed by atoms with Crippen molar-refractivity contribution in [2.45, 2.75) is 77.9 Å². The van der Waals surface area contributed by atoms with Crippen LogP contribution in [0.5, 0.6) is 17.2 Å². The lowest BCUT2D eigenvalue weighted by Crippen LogP contribution is -2.55. The van der Waals surface area contributed by atoms with Crippen molar-refractivity contribution in [3.05, 3.63) is 99.6 Å². The molecule has 0 bridgehead atoms. The monoisotopic (exact) mass is 578 g/mol. The van der Waals surface area contributed by atoms with Gasteiger partial charge in [0, 0.05) is 34.8 Å². The van der Waals surface area contributed by atoms with E-state index in [9.17, 15) is 9.59 Å². The maximum Gasteiger partial charge on any atom is 0.343 e. The summed E-state index contributed by atoms with van der Waals surface area (Å²) < 4.78 is 24.3. The summed E-state index contributed by atoms with van der Waals surface area (Å²) in [6, 6.07) is 18.8. The summed E-state index contributed by atoms with van der Waals surface area (Å²) >= 11 is 0. The van der Waals surface area contributed by atoms with E-state index < -0.39 is 17.7 Å². The summed E-state index contributed by atoms with van der Waals surface area (Å²) in [6.45, 7) is 15.1. The van der Waals surface area contributed by atoms with Gasteiger partial charge in [0.2, 0.25) is 0 Å². The molecule has 0 radical (unpaired) electrons. The van der Waals surface area contributed by atoms with E-state index >= 15 is 0 Å². The standard InChI is InChI=1S/C37H38O6/c1-21-13-28-31(14-22(21)2)42-37(19-35(28,4)5)20-36(6,7)29-18-30(23(3)15-32(29)43-37)41-34(39)27-12-10-24-16-26(33(38)40-8)11-9-25(24)17-27/h9-18H,19-20H2,1-8H3. The molecule has 6 nitrogen and oxygen atoms in total. The van der Waals surface area contributed by atoms with Crippen molar-refractivity contribution in [2.24, 2.45) is 0 Å². The van der Waals surface area contributed by atoms with Gasteiger partial charge in [-0.2, -0.15) is 0 Å². The van der Waals surface area contributed by atoms with E-state index in [1.54, 1.807) is 36.4 Å². The number of hydrogen-bond acceptors (Lipinski definition) is 6. The zero-order valence-corrected chi connectivity index (χ0v) is 26.1. The Morgan fingerprint density at radius 3 is 1.70 bits per heavy atom. The van der Waals surface area contributed by atoms with Gasteiger partial charge in [0.25, 0.3) is 5.79 Å². The minimum Gasteiger partial charge on any atom is -0.465 e. The second kappa shape index (κ2) is 9.87. The molecule has 0 fully saturated rings. The molecule has 2 heterocycles. The van der Waals surface area contributed by atoms with E-state index in [4.69, 9.17) is 18.9 Å². The van der Waals surface area contributed by atoms with Crippen LogP contribution in [0.1, 0.15) is 89.1 Å². The molecule has 0 N–H and O–H groups in total. The maximum atomic E-state index is 13.3. The average Bonchev–Trinajstić information content (AvgIpc) is 2.93. The van der Waals surface area contributed by atoms with Crippen LogP contribution >= 0.6 is 0 Å². The largest absolute Gasteiger partial charge is 0.465 e. The van der Waals surface area contributed by atoms with E-state index in [1.165, 1.54) is 23.8 Å². The summed E-state index contributed by atoms with van der Waals surface area (Å²) in [4.78, 5) is 25.2. The molecule has 6 rings (SSSR count). The number of aryl methyl sites for hydroxylation is 3. The number of hydrogen-bond donors (Lipinski definition) is 0. The van der Waals surface area contributed by atoms with Gasteiger partial charge in [-0.3, -0.25) is 0 Å². The van der Waals surface area contributed by atoms with Crippen LogP contribution in [-0.4, -0.2) is 24.8 Å². The first-order valence-electron chi connectivity index (χ1n) is 14.7. The van der Waals surface area contributed by atoms with Crippen molar-refractivity contribution in [3.8, 4) is 17.2 Å². The van der Waals surface area contributed by atoms with Crippen molar-refractivity contribution in [3.63, 3.8) is 0 Å². The molecular formula is C37H38O6. The van der Waals surface area contributed by atoms with Crippen LogP contribution in [0.15, 0.2) is 60.7 Å². The molecule has 222 valence electrons. The van der Waals surface area contributed by atoms with Crippen LogP contribution in [0.3, 0.4) is 0 Å². The Bertz CT molecular complexity index is 1810. The van der Waals surface area contributed by atoms with Crippen LogP contribution in [0, 0.1) is 20.8 Å². The summed E-state index contributed by atoms with van der Waals surface area (Å²) in [7, 11) is 1.35. The highest BCUT2D eigenvalue weighted by molar-refractivity contribution is 5.99. The summed E-state index contributed by atoms with van der Waals surface area (Å²) in [5, 5.41) is 1.66. The minimum atomic E-state index is -0.807. The first kappa shape index (κ1) is 28.8. The number of methoxy groups -OCH3 is 1. The normalized spacial score (nSPS) is 19.5. The molecule has 43 heavy (non-hydrogen) atoms. The maximum absolute atomic E-state index is 13.3. The molecule has 1 atom stereocenters. The Morgan fingerprint density at radius 1 is 0.651 bits per heavy atom. The molecule has 0 saturated carbocycles. The number of carbonyl (C=O) groups excluding carboxylic acids is 2. The highest BCUT2D eigenvalue weighted by Crippen LogP contribution is 2.54. The smallest absolute Gasteiger partial charge is 0.343 e. The molecular weight excluding hydrogens is 540 g/mol. The lowest BCUT2D eigenvalue weighted by Gasteiger charge is -2.51. The Morgan fingerprint density at radius 2 is 1.14 bits per heavy atom. The van der Waals surface area contributed by atoms with Gasteiger partial charge in [-0.15, -0.1) is 0 Å². The van der Waals surface area contributed by atoms with Crippen LogP contribution in [0.25, 0.3) is 10.8 Å². The number of carbonyl (C=O) groups is 2. The fourth-order valence-electron chi connectivity index (χ4n) is 6.73. The Balaban J connectivity index is 1.29. The topological polar surface area (TPSA) is 71.1 Å². The van der Waals surface area contributed by atoms with Crippen molar-refractivity contribution in [2.75, 3.05) is 7.11 Å². The summed E-state index contributed by atoms with van der Waals surface area (Å²) in [6.07, 6.45) is 1.37. The third kappa shape index (κ3) is 5.03. The van der Waals surface area contributed by atoms with E-state index in [0.29, 0.717) is 23.3 Å². The molecule has 2 aliphatic rings. The summed E-state index contributed by atoms with van der Waals surface area (Å²) in [5.41, 5.74) is 5.88. The Hall–Kier alpha value is -4.32. The van der Waals surface area contributed by atoms with Gasteiger partial charge in [0.05, 0.1) is 18.2 Å².